The quantitative estimate of drug-likeness (QED) is 0.277. The summed E-state index contributed by atoms with van der Waals surface area (Å²) >= 11 is 1.24. The van der Waals surface area contributed by atoms with E-state index in [1.165, 1.54) is 29.5 Å². The summed E-state index contributed by atoms with van der Waals surface area (Å²) in [5, 5.41) is 12.0. The number of benzene rings is 3. The molecule has 3 aromatic carbocycles. The van der Waals surface area contributed by atoms with Gasteiger partial charge in [0.2, 0.25) is 5.91 Å². The summed E-state index contributed by atoms with van der Waals surface area (Å²) in [6.45, 7) is 9.03. The first-order valence-electron chi connectivity index (χ1n) is 11.7. The zero-order valence-electron chi connectivity index (χ0n) is 20.8. The molecule has 36 heavy (non-hydrogen) atoms. The molecule has 0 aliphatic rings. The van der Waals surface area contributed by atoms with Crippen molar-refractivity contribution in [2.24, 2.45) is 0 Å². The Hall–Kier alpha value is -3.65. The van der Waals surface area contributed by atoms with Crippen LogP contribution in [0, 0.1) is 5.82 Å². The minimum absolute atomic E-state index is 0.0356. The fourth-order valence-electron chi connectivity index (χ4n) is 3.64. The molecule has 0 atom stereocenters. The second kappa shape index (κ2) is 11.0. The normalized spacial score (nSPS) is 11.4. The zero-order chi connectivity index (χ0) is 25.7. The topological polar surface area (TPSA) is 69.0 Å². The SMILES string of the molecule is CCOc1ccc(-n2c(SCC(=O)Nc3ccccc3F)nnc2-c2ccc(C(C)(C)C)cc2)cc1. The fourth-order valence-corrected chi connectivity index (χ4v) is 4.39. The molecule has 0 saturated carbocycles. The molecule has 1 amide bonds. The maximum absolute atomic E-state index is 13.9. The predicted octanol–water partition coefficient (Wildman–Crippen LogP) is 6.50. The van der Waals surface area contributed by atoms with Gasteiger partial charge in [-0.3, -0.25) is 9.36 Å². The van der Waals surface area contributed by atoms with Gasteiger partial charge in [0.15, 0.2) is 11.0 Å². The zero-order valence-corrected chi connectivity index (χ0v) is 21.6. The molecule has 0 spiro atoms. The van der Waals surface area contributed by atoms with E-state index in [2.05, 4.69) is 48.4 Å². The van der Waals surface area contributed by atoms with Gasteiger partial charge in [0.05, 0.1) is 18.0 Å². The van der Waals surface area contributed by atoms with Crippen molar-refractivity contribution in [2.75, 3.05) is 17.7 Å². The highest BCUT2D eigenvalue weighted by Gasteiger charge is 2.19. The highest BCUT2D eigenvalue weighted by molar-refractivity contribution is 7.99. The Morgan fingerprint density at radius 3 is 2.33 bits per heavy atom. The van der Waals surface area contributed by atoms with Gasteiger partial charge in [0.1, 0.15) is 11.6 Å². The first-order valence-corrected chi connectivity index (χ1v) is 12.7. The van der Waals surface area contributed by atoms with Crippen molar-refractivity contribution in [1.29, 1.82) is 0 Å². The summed E-state index contributed by atoms with van der Waals surface area (Å²) in [4.78, 5) is 12.5. The van der Waals surface area contributed by atoms with Crippen LogP contribution in [0.25, 0.3) is 17.1 Å². The number of nitrogens with one attached hydrogen (secondary N) is 1. The van der Waals surface area contributed by atoms with E-state index in [9.17, 15) is 9.18 Å². The van der Waals surface area contributed by atoms with E-state index in [4.69, 9.17) is 4.74 Å². The van der Waals surface area contributed by atoms with Gasteiger partial charge in [-0.25, -0.2) is 4.39 Å². The third-order valence-corrected chi connectivity index (χ3v) is 6.46. The van der Waals surface area contributed by atoms with Gasteiger partial charge < -0.3 is 10.1 Å². The van der Waals surface area contributed by atoms with Crippen molar-refractivity contribution in [3.8, 4) is 22.8 Å². The van der Waals surface area contributed by atoms with E-state index >= 15 is 0 Å². The summed E-state index contributed by atoms with van der Waals surface area (Å²) in [6.07, 6.45) is 0. The summed E-state index contributed by atoms with van der Waals surface area (Å²) in [7, 11) is 0. The number of halogens is 1. The largest absolute Gasteiger partial charge is 0.494 e. The molecular weight excluding hydrogens is 475 g/mol. The van der Waals surface area contributed by atoms with Crippen LogP contribution in [0.5, 0.6) is 5.75 Å². The van der Waals surface area contributed by atoms with Gasteiger partial charge in [-0.1, -0.05) is 68.9 Å². The van der Waals surface area contributed by atoms with Gasteiger partial charge >= 0.3 is 0 Å². The number of aromatic nitrogens is 3. The van der Waals surface area contributed by atoms with Crippen LogP contribution in [0.1, 0.15) is 33.3 Å². The number of amides is 1. The number of nitrogens with zero attached hydrogens (tertiary/aromatic N) is 3. The van der Waals surface area contributed by atoms with E-state index in [0.29, 0.717) is 17.6 Å². The monoisotopic (exact) mass is 504 g/mol. The molecule has 8 heteroatoms. The summed E-state index contributed by atoms with van der Waals surface area (Å²) < 4.78 is 21.4. The fraction of sp³-hybridized carbons (Fsp3) is 0.250. The number of para-hydroxylation sites is 1. The van der Waals surface area contributed by atoms with Crippen LogP contribution in [0.2, 0.25) is 0 Å². The molecule has 0 aliphatic carbocycles. The second-order valence-electron chi connectivity index (χ2n) is 9.21. The number of carbonyl (C=O) groups is 1. The third-order valence-electron chi connectivity index (χ3n) is 5.53. The van der Waals surface area contributed by atoms with E-state index in [0.717, 1.165) is 17.0 Å². The van der Waals surface area contributed by atoms with Crippen LogP contribution in [-0.4, -0.2) is 33.0 Å². The van der Waals surface area contributed by atoms with Crippen LogP contribution >= 0.6 is 11.8 Å². The molecular formula is C28H29FN4O2S. The predicted molar refractivity (Wildman–Crippen MR) is 142 cm³/mol. The number of ether oxygens (including phenoxy) is 1. The summed E-state index contributed by atoms with van der Waals surface area (Å²) in [5.41, 5.74) is 3.16. The van der Waals surface area contributed by atoms with Crippen molar-refractivity contribution < 1.29 is 13.9 Å². The lowest BCUT2D eigenvalue weighted by Crippen LogP contribution is -2.15. The molecule has 1 N–H and O–H groups in total. The minimum atomic E-state index is -0.477. The van der Waals surface area contributed by atoms with E-state index in [-0.39, 0.29) is 22.8 Å². The van der Waals surface area contributed by atoms with Gasteiger partial charge in [0.25, 0.3) is 0 Å². The molecule has 4 aromatic rings. The highest BCUT2D eigenvalue weighted by atomic mass is 32.2. The maximum atomic E-state index is 13.9. The van der Waals surface area contributed by atoms with E-state index in [1.54, 1.807) is 12.1 Å². The summed E-state index contributed by atoms with van der Waals surface area (Å²) in [6, 6.07) is 22.0. The summed E-state index contributed by atoms with van der Waals surface area (Å²) in [5.74, 6) is 0.671. The second-order valence-corrected chi connectivity index (χ2v) is 10.2. The molecule has 1 heterocycles. The Bertz CT molecular complexity index is 1330. The lowest BCUT2D eigenvalue weighted by Gasteiger charge is -2.19. The first-order chi connectivity index (χ1) is 17.3. The molecule has 0 aliphatic heterocycles. The lowest BCUT2D eigenvalue weighted by molar-refractivity contribution is -0.113. The van der Waals surface area contributed by atoms with Crippen molar-refractivity contribution >= 4 is 23.4 Å². The first kappa shape index (κ1) is 25.4. The van der Waals surface area contributed by atoms with Gasteiger partial charge in [-0.2, -0.15) is 0 Å². The Morgan fingerprint density at radius 2 is 1.69 bits per heavy atom. The molecule has 0 fully saturated rings. The van der Waals surface area contributed by atoms with Gasteiger partial charge in [-0.15, -0.1) is 10.2 Å². The molecule has 186 valence electrons. The molecule has 0 radical (unpaired) electrons. The Labute approximate surface area is 214 Å². The van der Waals surface area contributed by atoms with Crippen LogP contribution in [0.3, 0.4) is 0 Å². The standard InChI is InChI=1S/C28H29FN4O2S/c1-5-35-22-16-14-21(15-17-22)33-26(19-10-12-20(13-11-19)28(2,3)4)31-32-27(33)36-18-25(34)30-24-9-7-6-8-23(24)29/h6-17H,5,18H2,1-4H3,(H,30,34). The van der Waals surface area contributed by atoms with E-state index in [1.807, 2.05) is 47.9 Å². The number of rotatable bonds is 8. The smallest absolute Gasteiger partial charge is 0.234 e. The van der Waals surface area contributed by atoms with Crippen molar-refractivity contribution in [1.82, 2.24) is 14.8 Å². The lowest BCUT2D eigenvalue weighted by atomic mass is 9.87. The average molecular weight is 505 g/mol. The van der Waals surface area contributed by atoms with Gasteiger partial charge in [-0.05, 0) is 54.3 Å². The average Bonchev–Trinajstić information content (AvgIpc) is 3.28. The molecule has 1 aromatic heterocycles. The van der Waals surface area contributed by atoms with Crippen LogP contribution in [0.15, 0.2) is 78.0 Å². The molecule has 6 nitrogen and oxygen atoms in total. The Balaban J connectivity index is 1.63. The van der Waals surface area contributed by atoms with Crippen molar-refractivity contribution in [3.05, 3.63) is 84.2 Å². The van der Waals surface area contributed by atoms with Crippen LogP contribution < -0.4 is 10.1 Å². The number of thioether (sulfide) groups is 1. The minimum Gasteiger partial charge on any atom is -0.494 e. The number of hydrogen-bond acceptors (Lipinski definition) is 5. The van der Waals surface area contributed by atoms with Gasteiger partial charge in [0, 0.05) is 11.3 Å². The number of carbonyl (C=O) groups excluding carboxylic acids is 1. The van der Waals surface area contributed by atoms with E-state index < -0.39 is 5.82 Å². The Kier molecular flexibility index (Phi) is 7.74. The third kappa shape index (κ3) is 5.94. The Morgan fingerprint density at radius 1 is 1.00 bits per heavy atom. The van der Waals surface area contributed by atoms with Crippen LogP contribution in [0.4, 0.5) is 10.1 Å². The van der Waals surface area contributed by atoms with Crippen molar-refractivity contribution in [3.63, 3.8) is 0 Å². The maximum Gasteiger partial charge on any atom is 0.234 e. The molecule has 0 saturated heterocycles. The van der Waals surface area contributed by atoms with Crippen LogP contribution in [-0.2, 0) is 10.2 Å². The molecule has 0 unspecified atom stereocenters. The highest BCUT2D eigenvalue weighted by Crippen LogP contribution is 2.31. The number of anilines is 1. The molecule has 4 rings (SSSR count). The molecule has 0 bridgehead atoms. The van der Waals surface area contributed by atoms with Crippen molar-refractivity contribution in [2.45, 2.75) is 38.3 Å². The number of hydrogen-bond donors (Lipinski definition) is 1.